The van der Waals surface area contributed by atoms with Crippen LogP contribution in [0.4, 0.5) is 4.39 Å². The number of benzene rings is 2. The highest BCUT2D eigenvalue weighted by atomic mass is 35.5. The second kappa shape index (κ2) is 6.02. The molecule has 2 aromatic rings. The van der Waals surface area contributed by atoms with Crippen molar-refractivity contribution in [3.8, 4) is 0 Å². The molecule has 0 radical (unpaired) electrons. The van der Waals surface area contributed by atoms with Crippen molar-refractivity contribution in [1.29, 1.82) is 0 Å². The first-order chi connectivity index (χ1) is 10.5. The van der Waals surface area contributed by atoms with Crippen LogP contribution in [0.5, 0.6) is 0 Å². The quantitative estimate of drug-likeness (QED) is 0.748. The van der Waals surface area contributed by atoms with E-state index < -0.39 is 0 Å². The first-order valence-electron chi connectivity index (χ1n) is 7.71. The Morgan fingerprint density at radius 1 is 1.14 bits per heavy atom. The van der Waals surface area contributed by atoms with Crippen LogP contribution < -0.4 is 0 Å². The molecule has 0 atom stereocenters. The average molecular weight is 318 g/mol. The van der Waals surface area contributed by atoms with Gasteiger partial charge >= 0.3 is 0 Å². The summed E-state index contributed by atoms with van der Waals surface area (Å²) in [6.07, 6.45) is 1.99. The molecule has 1 nitrogen and oxygen atoms in total. The van der Waals surface area contributed by atoms with Crippen LogP contribution in [-0.2, 0) is 19.5 Å². The smallest absolute Gasteiger partial charge is 0.128 e. The predicted molar refractivity (Wildman–Crippen MR) is 89.5 cm³/mol. The second-order valence-corrected chi connectivity index (χ2v) is 7.11. The van der Waals surface area contributed by atoms with Gasteiger partial charge in [-0.2, -0.15) is 0 Å². The van der Waals surface area contributed by atoms with E-state index in [9.17, 15) is 4.39 Å². The molecule has 0 aromatic heterocycles. The molecule has 0 amide bonds. The van der Waals surface area contributed by atoms with Gasteiger partial charge in [0.2, 0.25) is 0 Å². The van der Waals surface area contributed by atoms with Gasteiger partial charge in [-0.15, -0.1) is 0 Å². The van der Waals surface area contributed by atoms with Crippen LogP contribution in [0.3, 0.4) is 0 Å². The molecule has 0 N–H and O–H groups in total. The standard InChI is InChI=1S/C19H21ClFN/c1-19(2,10-9-14-5-3-7-16(20)11-14)22-12-15-6-4-8-18(21)17(15)13-22/h3-8,11H,9-10,12-13H2,1-2H3. The van der Waals surface area contributed by atoms with Crippen molar-refractivity contribution in [2.75, 3.05) is 0 Å². The van der Waals surface area contributed by atoms with E-state index in [1.165, 1.54) is 5.56 Å². The molecule has 0 saturated carbocycles. The Kier molecular flexibility index (Phi) is 4.24. The Balaban J connectivity index is 1.68. The molecule has 0 aliphatic carbocycles. The zero-order valence-corrected chi connectivity index (χ0v) is 13.8. The van der Waals surface area contributed by atoms with Gasteiger partial charge < -0.3 is 0 Å². The first kappa shape index (κ1) is 15.5. The fourth-order valence-electron chi connectivity index (χ4n) is 3.11. The van der Waals surface area contributed by atoms with Crippen molar-refractivity contribution in [3.63, 3.8) is 0 Å². The van der Waals surface area contributed by atoms with Crippen LogP contribution in [-0.4, -0.2) is 10.4 Å². The van der Waals surface area contributed by atoms with Crippen LogP contribution in [0, 0.1) is 5.82 Å². The van der Waals surface area contributed by atoms with Crippen molar-refractivity contribution in [2.45, 2.75) is 45.3 Å². The number of fused-ring (bicyclic) bond motifs is 1. The van der Waals surface area contributed by atoms with Gasteiger partial charge in [-0.05, 0) is 56.0 Å². The van der Waals surface area contributed by atoms with Gasteiger partial charge in [0, 0.05) is 29.2 Å². The molecule has 0 unspecified atom stereocenters. The Bertz CT molecular complexity index is 681. The third kappa shape index (κ3) is 3.18. The SMILES string of the molecule is CC(C)(CCc1cccc(Cl)c1)N1Cc2cccc(F)c2C1. The molecule has 0 saturated heterocycles. The lowest BCUT2D eigenvalue weighted by Crippen LogP contribution is -2.40. The van der Waals surface area contributed by atoms with Gasteiger partial charge in [0.15, 0.2) is 0 Å². The largest absolute Gasteiger partial charge is 0.290 e. The maximum Gasteiger partial charge on any atom is 0.128 e. The summed E-state index contributed by atoms with van der Waals surface area (Å²) in [5.41, 5.74) is 3.26. The lowest BCUT2D eigenvalue weighted by atomic mass is 9.93. The van der Waals surface area contributed by atoms with Crippen molar-refractivity contribution < 1.29 is 4.39 Å². The summed E-state index contributed by atoms with van der Waals surface area (Å²) in [5, 5.41) is 0.783. The van der Waals surface area contributed by atoms with Crippen molar-refractivity contribution in [3.05, 3.63) is 70.0 Å². The van der Waals surface area contributed by atoms with Crippen LogP contribution in [0.1, 0.15) is 37.0 Å². The summed E-state index contributed by atoms with van der Waals surface area (Å²) in [7, 11) is 0. The van der Waals surface area contributed by atoms with E-state index in [0.29, 0.717) is 6.54 Å². The highest BCUT2D eigenvalue weighted by Gasteiger charge is 2.32. The first-order valence-corrected chi connectivity index (χ1v) is 8.09. The zero-order chi connectivity index (χ0) is 15.7. The molecule has 1 aliphatic heterocycles. The maximum atomic E-state index is 13.9. The van der Waals surface area contributed by atoms with Gasteiger partial charge in [0.1, 0.15) is 5.82 Å². The molecule has 0 fully saturated rings. The number of hydrogen-bond acceptors (Lipinski definition) is 1. The fraction of sp³-hybridized carbons (Fsp3) is 0.368. The van der Waals surface area contributed by atoms with E-state index in [1.54, 1.807) is 12.1 Å². The van der Waals surface area contributed by atoms with Crippen molar-refractivity contribution in [2.24, 2.45) is 0 Å². The number of hydrogen-bond donors (Lipinski definition) is 0. The average Bonchev–Trinajstić information content (AvgIpc) is 2.92. The third-order valence-electron chi connectivity index (χ3n) is 4.70. The summed E-state index contributed by atoms with van der Waals surface area (Å²) >= 11 is 6.05. The highest BCUT2D eigenvalue weighted by molar-refractivity contribution is 6.30. The minimum Gasteiger partial charge on any atom is -0.290 e. The van der Waals surface area contributed by atoms with E-state index in [4.69, 9.17) is 11.6 Å². The molecule has 116 valence electrons. The zero-order valence-electron chi connectivity index (χ0n) is 13.1. The van der Waals surface area contributed by atoms with E-state index in [0.717, 1.165) is 35.5 Å². The molecule has 22 heavy (non-hydrogen) atoms. The van der Waals surface area contributed by atoms with Crippen LogP contribution in [0.2, 0.25) is 5.02 Å². The third-order valence-corrected chi connectivity index (χ3v) is 4.93. The second-order valence-electron chi connectivity index (χ2n) is 6.68. The van der Waals surface area contributed by atoms with Gasteiger partial charge in [-0.3, -0.25) is 4.90 Å². The molecular weight excluding hydrogens is 297 g/mol. The summed E-state index contributed by atoms with van der Waals surface area (Å²) < 4.78 is 13.9. The topological polar surface area (TPSA) is 3.24 Å². The number of nitrogens with zero attached hydrogens (tertiary/aromatic N) is 1. The van der Waals surface area contributed by atoms with Gasteiger partial charge in [-0.25, -0.2) is 4.39 Å². The minimum atomic E-state index is -0.0781. The van der Waals surface area contributed by atoms with Crippen molar-refractivity contribution >= 4 is 11.6 Å². The number of halogens is 2. The van der Waals surface area contributed by atoms with Crippen LogP contribution >= 0.6 is 11.6 Å². The number of rotatable bonds is 4. The summed E-state index contributed by atoms with van der Waals surface area (Å²) in [5.74, 6) is -0.0781. The normalized spacial score (nSPS) is 15.1. The Morgan fingerprint density at radius 3 is 2.64 bits per heavy atom. The van der Waals surface area contributed by atoms with Gasteiger partial charge in [0.25, 0.3) is 0 Å². The highest BCUT2D eigenvalue weighted by Crippen LogP contribution is 2.33. The molecule has 1 aliphatic rings. The van der Waals surface area contributed by atoms with E-state index in [-0.39, 0.29) is 11.4 Å². The lowest BCUT2D eigenvalue weighted by molar-refractivity contribution is 0.109. The minimum absolute atomic E-state index is 0.0216. The molecular formula is C19H21ClFN. The van der Waals surface area contributed by atoms with Crippen molar-refractivity contribution in [1.82, 2.24) is 4.90 Å². The molecule has 3 rings (SSSR count). The molecule has 2 aromatic carbocycles. The summed E-state index contributed by atoms with van der Waals surface area (Å²) in [6, 6.07) is 13.4. The molecule has 3 heteroatoms. The Morgan fingerprint density at radius 2 is 1.91 bits per heavy atom. The van der Waals surface area contributed by atoms with Crippen LogP contribution in [0.25, 0.3) is 0 Å². The molecule has 0 bridgehead atoms. The molecule has 1 heterocycles. The van der Waals surface area contributed by atoms with Gasteiger partial charge in [-0.1, -0.05) is 35.9 Å². The van der Waals surface area contributed by atoms with E-state index in [1.807, 2.05) is 24.3 Å². The Hall–Kier alpha value is -1.38. The number of aryl methyl sites for hydroxylation is 1. The molecule has 0 spiro atoms. The maximum absolute atomic E-state index is 13.9. The van der Waals surface area contributed by atoms with E-state index in [2.05, 4.69) is 24.8 Å². The fourth-order valence-corrected chi connectivity index (χ4v) is 3.32. The van der Waals surface area contributed by atoms with Gasteiger partial charge in [0.05, 0.1) is 0 Å². The predicted octanol–water partition coefficient (Wildman–Crippen LogP) is 5.21. The monoisotopic (exact) mass is 317 g/mol. The van der Waals surface area contributed by atoms with Crippen LogP contribution in [0.15, 0.2) is 42.5 Å². The summed E-state index contributed by atoms with van der Waals surface area (Å²) in [6.45, 7) is 6.00. The Labute approximate surface area is 136 Å². The van der Waals surface area contributed by atoms with E-state index >= 15 is 0 Å². The lowest BCUT2D eigenvalue weighted by Gasteiger charge is -2.35. The summed E-state index contributed by atoms with van der Waals surface area (Å²) in [4.78, 5) is 2.37.